The van der Waals surface area contributed by atoms with Crippen molar-refractivity contribution in [3.05, 3.63) is 50.6 Å². The van der Waals surface area contributed by atoms with Crippen molar-refractivity contribution < 1.29 is 23.0 Å². The van der Waals surface area contributed by atoms with E-state index in [0.717, 1.165) is 9.35 Å². The number of hydrogen-bond donors (Lipinski definition) is 1. The molecule has 0 fully saturated rings. The van der Waals surface area contributed by atoms with Gasteiger partial charge in [-0.05, 0) is 33.4 Å². The van der Waals surface area contributed by atoms with E-state index in [1.807, 2.05) is 11.4 Å². The van der Waals surface area contributed by atoms with Crippen LogP contribution in [0, 0.1) is 0 Å². The van der Waals surface area contributed by atoms with Crippen molar-refractivity contribution in [2.24, 2.45) is 0 Å². The van der Waals surface area contributed by atoms with Crippen LogP contribution in [0.15, 0.2) is 40.2 Å². The molecule has 0 aliphatic heterocycles. The number of para-hydroxylation sites is 1. The minimum absolute atomic E-state index is 0.116. The number of rotatable bonds is 4. The zero-order chi connectivity index (χ0) is 14.8. The number of hydrogen-bond acceptors (Lipinski definition) is 3. The Labute approximate surface area is 125 Å². The third kappa shape index (κ3) is 3.97. The highest BCUT2D eigenvalue weighted by molar-refractivity contribution is 9.10. The van der Waals surface area contributed by atoms with Crippen molar-refractivity contribution in [3.8, 4) is 5.75 Å². The molecule has 1 N–H and O–H groups in total. The van der Waals surface area contributed by atoms with E-state index in [9.17, 15) is 18.3 Å². The quantitative estimate of drug-likeness (QED) is 0.850. The number of aliphatic hydroxyl groups is 1. The Bertz CT molecular complexity index is 583. The van der Waals surface area contributed by atoms with Crippen LogP contribution < -0.4 is 4.74 Å². The summed E-state index contributed by atoms with van der Waals surface area (Å²) in [7, 11) is 0. The molecule has 0 bridgehead atoms. The van der Waals surface area contributed by atoms with Gasteiger partial charge in [0.2, 0.25) is 0 Å². The van der Waals surface area contributed by atoms with Crippen molar-refractivity contribution in [2.45, 2.75) is 18.9 Å². The summed E-state index contributed by atoms with van der Waals surface area (Å²) in [5.41, 5.74) is 0.116. The van der Waals surface area contributed by atoms with Gasteiger partial charge in [0.15, 0.2) is 0 Å². The first-order valence-corrected chi connectivity index (χ1v) is 7.28. The van der Waals surface area contributed by atoms with E-state index in [1.54, 1.807) is 6.07 Å². The van der Waals surface area contributed by atoms with Crippen molar-refractivity contribution >= 4 is 27.3 Å². The summed E-state index contributed by atoms with van der Waals surface area (Å²) < 4.78 is 41.7. The lowest BCUT2D eigenvalue weighted by molar-refractivity contribution is -0.275. The molecule has 20 heavy (non-hydrogen) atoms. The maximum atomic E-state index is 12.3. The summed E-state index contributed by atoms with van der Waals surface area (Å²) in [5, 5.41) is 12.0. The summed E-state index contributed by atoms with van der Waals surface area (Å²) in [6.07, 6.45) is -5.63. The fourth-order valence-electron chi connectivity index (χ4n) is 1.73. The number of benzene rings is 1. The zero-order valence-electron chi connectivity index (χ0n) is 10.0. The fourth-order valence-corrected chi connectivity index (χ4v) is 3.28. The highest BCUT2D eigenvalue weighted by atomic mass is 79.9. The molecule has 2 rings (SSSR count). The summed E-state index contributed by atoms with van der Waals surface area (Å²) >= 11 is 4.74. The third-order valence-corrected chi connectivity index (χ3v) is 4.52. The molecule has 7 heteroatoms. The number of aliphatic hydroxyl groups excluding tert-OH is 1. The Balaban J connectivity index is 2.21. The molecule has 0 aliphatic rings. The first-order valence-electron chi connectivity index (χ1n) is 5.61. The molecule has 0 spiro atoms. The van der Waals surface area contributed by atoms with E-state index >= 15 is 0 Å². The van der Waals surface area contributed by atoms with E-state index in [2.05, 4.69) is 20.7 Å². The molecule has 0 amide bonds. The van der Waals surface area contributed by atoms with Crippen LogP contribution in [0.25, 0.3) is 0 Å². The molecular formula is C13H10BrF3O2S. The van der Waals surface area contributed by atoms with Crippen LogP contribution in [0.5, 0.6) is 5.75 Å². The monoisotopic (exact) mass is 366 g/mol. The zero-order valence-corrected chi connectivity index (χ0v) is 12.4. The van der Waals surface area contributed by atoms with Gasteiger partial charge in [-0.15, -0.1) is 24.5 Å². The van der Waals surface area contributed by atoms with Crippen molar-refractivity contribution in [1.82, 2.24) is 0 Å². The first-order chi connectivity index (χ1) is 9.37. The van der Waals surface area contributed by atoms with Gasteiger partial charge in [0.05, 0.1) is 6.10 Å². The molecule has 1 aromatic heterocycles. The van der Waals surface area contributed by atoms with E-state index in [1.165, 1.54) is 29.5 Å². The highest BCUT2D eigenvalue weighted by Crippen LogP contribution is 2.34. The third-order valence-electron chi connectivity index (χ3n) is 2.57. The SMILES string of the molecule is OC(Cc1sccc1Br)c1ccccc1OC(F)(F)F. The maximum Gasteiger partial charge on any atom is 0.573 e. The molecule has 1 unspecified atom stereocenters. The summed E-state index contributed by atoms with van der Waals surface area (Å²) in [5.74, 6) is -0.375. The summed E-state index contributed by atoms with van der Waals surface area (Å²) in [6, 6.07) is 7.43. The highest BCUT2D eigenvalue weighted by Gasteiger charge is 2.32. The second kappa shape index (κ2) is 6.15. The molecule has 0 saturated heterocycles. The van der Waals surface area contributed by atoms with Gasteiger partial charge in [0.1, 0.15) is 5.75 Å². The standard InChI is InChI=1S/C13H10BrF3O2S/c14-9-5-6-20-12(9)7-10(18)8-3-1-2-4-11(8)19-13(15,16)17/h1-6,10,18H,7H2. The predicted molar refractivity (Wildman–Crippen MR) is 73.8 cm³/mol. The first kappa shape index (κ1) is 15.3. The van der Waals surface area contributed by atoms with Gasteiger partial charge < -0.3 is 9.84 Å². The second-order valence-corrected chi connectivity index (χ2v) is 5.85. The molecule has 1 aromatic carbocycles. The van der Waals surface area contributed by atoms with Crippen molar-refractivity contribution in [1.29, 1.82) is 0 Å². The topological polar surface area (TPSA) is 29.5 Å². The van der Waals surface area contributed by atoms with Gasteiger partial charge in [0.25, 0.3) is 0 Å². The summed E-state index contributed by atoms with van der Waals surface area (Å²) in [4.78, 5) is 0.860. The number of ether oxygens (including phenoxy) is 1. The molecule has 0 radical (unpaired) electrons. The van der Waals surface area contributed by atoms with Crippen LogP contribution >= 0.6 is 27.3 Å². The minimum Gasteiger partial charge on any atom is -0.405 e. The van der Waals surface area contributed by atoms with Crippen molar-refractivity contribution in [2.75, 3.05) is 0 Å². The van der Waals surface area contributed by atoms with Crippen LogP contribution in [0.2, 0.25) is 0 Å². The van der Waals surface area contributed by atoms with Crippen LogP contribution in [0.1, 0.15) is 16.5 Å². The molecular weight excluding hydrogens is 357 g/mol. The summed E-state index contributed by atoms with van der Waals surface area (Å²) in [6.45, 7) is 0. The van der Waals surface area contributed by atoms with Gasteiger partial charge >= 0.3 is 6.36 Å². The number of alkyl halides is 3. The molecule has 2 nitrogen and oxygen atoms in total. The smallest absolute Gasteiger partial charge is 0.405 e. The van der Waals surface area contributed by atoms with Crippen LogP contribution in [-0.4, -0.2) is 11.5 Å². The normalized spacial score (nSPS) is 13.2. The van der Waals surface area contributed by atoms with Crippen molar-refractivity contribution in [3.63, 3.8) is 0 Å². The Morgan fingerprint density at radius 1 is 1.25 bits per heavy atom. The maximum absolute atomic E-state index is 12.3. The molecule has 1 heterocycles. The van der Waals surface area contributed by atoms with Crippen LogP contribution in [-0.2, 0) is 6.42 Å². The molecule has 2 aromatic rings. The van der Waals surface area contributed by atoms with Gasteiger partial charge in [-0.25, -0.2) is 0 Å². The lowest BCUT2D eigenvalue weighted by atomic mass is 10.0. The average Bonchev–Trinajstić information content (AvgIpc) is 2.73. The van der Waals surface area contributed by atoms with E-state index in [0.29, 0.717) is 0 Å². The molecule has 108 valence electrons. The lowest BCUT2D eigenvalue weighted by Gasteiger charge is -2.16. The largest absolute Gasteiger partial charge is 0.573 e. The van der Waals surface area contributed by atoms with E-state index in [-0.39, 0.29) is 17.7 Å². The van der Waals surface area contributed by atoms with E-state index < -0.39 is 12.5 Å². The minimum atomic E-state index is -4.78. The lowest BCUT2D eigenvalue weighted by Crippen LogP contribution is -2.19. The number of thiophene rings is 1. The van der Waals surface area contributed by atoms with Gasteiger partial charge in [-0.1, -0.05) is 18.2 Å². The second-order valence-electron chi connectivity index (χ2n) is 4.00. The van der Waals surface area contributed by atoms with Gasteiger partial charge in [-0.2, -0.15) is 0 Å². The molecule has 0 saturated carbocycles. The fraction of sp³-hybridized carbons (Fsp3) is 0.231. The number of halogens is 4. The molecule has 1 atom stereocenters. The predicted octanol–water partition coefficient (Wildman–Crippen LogP) is 4.69. The Morgan fingerprint density at radius 3 is 2.55 bits per heavy atom. The van der Waals surface area contributed by atoms with Gasteiger partial charge in [0, 0.05) is 21.3 Å². The Morgan fingerprint density at radius 2 is 1.95 bits per heavy atom. The Kier molecular flexibility index (Phi) is 4.72. The molecule has 0 aliphatic carbocycles. The van der Waals surface area contributed by atoms with Crippen LogP contribution in [0.3, 0.4) is 0 Å². The average molecular weight is 367 g/mol. The Hall–Kier alpha value is -1.05. The van der Waals surface area contributed by atoms with Gasteiger partial charge in [-0.3, -0.25) is 0 Å². The van der Waals surface area contributed by atoms with E-state index in [4.69, 9.17) is 0 Å². The van der Waals surface area contributed by atoms with Crippen LogP contribution in [0.4, 0.5) is 13.2 Å².